The number of hydrogen-bond donors (Lipinski definition) is 0. The molecule has 0 amide bonds. The lowest BCUT2D eigenvalue weighted by Crippen LogP contribution is -2.00. The molecule has 2 aromatic heterocycles. The van der Waals surface area contributed by atoms with Gasteiger partial charge in [0.2, 0.25) is 5.82 Å². The smallest absolute Gasteiger partial charge is 0.278 e. The van der Waals surface area contributed by atoms with Crippen LogP contribution >= 0.6 is 0 Å². The lowest BCUT2D eigenvalue weighted by Gasteiger charge is -2.04. The summed E-state index contributed by atoms with van der Waals surface area (Å²) in [5.41, 5.74) is 4.86. The Kier molecular flexibility index (Phi) is 4.32. The molecule has 0 atom stereocenters. The van der Waals surface area contributed by atoms with Crippen LogP contribution in [0.3, 0.4) is 0 Å². The first kappa shape index (κ1) is 17.1. The summed E-state index contributed by atoms with van der Waals surface area (Å²) in [7, 11) is 0. The van der Waals surface area contributed by atoms with Crippen LogP contribution in [0.25, 0.3) is 34.2 Å². The summed E-state index contributed by atoms with van der Waals surface area (Å²) in [4.78, 5) is 4.49. The van der Waals surface area contributed by atoms with Crippen molar-refractivity contribution in [2.75, 3.05) is 0 Å². The molecule has 0 N–H and O–H groups in total. The van der Waals surface area contributed by atoms with Crippen LogP contribution in [-0.2, 0) is 6.54 Å². The van der Waals surface area contributed by atoms with Gasteiger partial charge in [0.25, 0.3) is 5.89 Å². The first-order valence-corrected chi connectivity index (χ1v) is 8.80. The zero-order valence-electron chi connectivity index (χ0n) is 15.4. The quantitative estimate of drug-likeness (QED) is 0.510. The third-order valence-corrected chi connectivity index (χ3v) is 4.35. The number of aromatic nitrogens is 4. The van der Waals surface area contributed by atoms with Crippen LogP contribution in [0.4, 0.5) is 4.39 Å². The maximum Gasteiger partial charge on any atom is 0.278 e. The van der Waals surface area contributed by atoms with Gasteiger partial charge in [0.15, 0.2) is 5.69 Å². The lowest BCUT2D eigenvalue weighted by atomic mass is 10.1. The van der Waals surface area contributed by atoms with E-state index in [0.717, 1.165) is 16.7 Å². The Bertz CT molecular complexity index is 1090. The molecular formula is C21H19FN4O. The van der Waals surface area contributed by atoms with Gasteiger partial charge < -0.3 is 4.52 Å². The molecule has 0 radical (unpaired) electrons. The highest BCUT2D eigenvalue weighted by Crippen LogP contribution is 2.29. The van der Waals surface area contributed by atoms with E-state index in [1.165, 1.54) is 6.07 Å². The van der Waals surface area contributed by atoms with Gasteiger partial charge in [-0.3, -0.25) is 4.68 Å². The van der Waals surface area contributed by atoms with E-state index in [1.807, 2.05) is 32.9 Å². The first-order chi connectivity index (χ1) is 13.0. The number of hydrogen-bond acceptors (Lipinski definition) is 4. The van der Waals surface area contributed by atoms with Gasteiger partial charge in [0.05, 0.1) is 5.69 Å². The minimum absolute atomic E-state index is 0.292. The molecule has 0 saturated carbocycles. The minimum atomic E-state index is -0.292. The zero-order chi connectivity index (χ0) is 19.0. The van der Waals surface area contributed by atoms with E-state index in [9.17, 15) is 4.39 Å². The number of nitrogens with zero attached hydrogens (tertiary/aromatic N) is 4. The van der Waals surface area contributed by atoms with Gasteiger partial charge in [-0.05, 0) is 51.1 Å². The highest BCUT2D eigenvalue weighted by atomic mass is 19.1. The lowest BCUT2D eigenvalue weighted by molar-refractivity contribution is 0.430. The van der Waals surface area contributed by atoms with Crippen molar-refractivity contribution in [3.05, 3.63) is 65.5 Å². The van der Waals surface area contributed by atoms with Gasteiger partial charge in [0, 0.05) is 17.7 Å². The Hall–Kier alpha value is -3.28. The Balaban J connectivity index is 1.75. The van der Waals surface area contributed by atoms with Crippen molar-refractivity contribution in [1.82, 2.24) is 19.9 Å². The molecule has 0 saturated heterocycles. The van der Waals surface area contributed by atoms with Gasteiger partial charge in [-0.1, -0.05) is 34.5 Å². The predicted molar refractivity (Wildman–Crippen MR) is 101 cm³/mol. The molecule has 2 heterocycles. The van der Waals surface area contributed by atoms with Crippen LogP contribution in [0.15, 0.2) is 53.1 Å². The molecule has 0 fully saturated rings. The molecule has 6 heteroatoms. The summed E-state index contributed by atoms with van der Waals surface area (Å²) in [5.74, 6) is 0.532. The van der Waals surface area contributed by atoms with Crippen molar-refractivity contribution >= 4 is 0 Å². The van der Waals surface area contributed by atoms with E-state index in [1.54, 1.807) is 28.9 Å². The maximum absolute atomic E-state index is 14.2. The number of halogens is 1. The van der Waals surface area contributed by atoms with E-state index < -0.39 is 0 Å². The molecule has 136 valence electrons. The normalized spacial score (nSPS) is 11.1. The molecule has 0 aliphatic rings. The Morgan fingerprint density at radius 1 is 1.04 bits per heavy atom. The summed E-state index contributed by atoms with van der Waals surface area (Å²) in [5, 5.41) is 8.60. The zero-order valence-corrected chi connectivity index (χ0v) is 15.4. The van der Waals surface area contributed by atoms with Gasteiger partial charge in [0.1, 0.15) is 5.82 Å². The molecule has 27 heavy (non-hydrogen) atoms. The Morgan fingerprint density at radius 3 is 2.48 bits per heavy atom. The van der Waals surface area contributed by atoms with Crippen LogP contribution in [0.2, 0.25) is 0 Å². The van der Waals surface area contributed by atoms with Gasteiger partial charge >= 0.3 is 0 Å². The fraction of sp³-hybridized carbons (Fsp3) is 0.190. The number of benzene rings is 2. The van der Waals surface area contributed by atoms with Crippen molar-refractivity contribution in [1.29, 1.82) is 0 Å². The van der Waals surface area contributed by atoms with Crippen molar-refractivity contribution in [3.63, 3.8) is 0 Å². The Labute approximate surface area is 156 Å². The van der Waals surface area contributed by atoms with Gasteiger partial charge in [-0.15, -0.1) is 0 Å². The monoisotopic (exact) mass is 362 g/mol. The van der Waals surface area contributed by atoms with Crippen molar-refractivity contribution in [3.8, 4) is 34.2 Å². The SMILES string of the molecule is CCn1nc(-c2nc(-c3cc(C)cc(C)c3)no2)cc1-c1ccccc1F. The molecule has 0 spiro atoms. The molecule has 0 unspecified atom stereocenters. The van der Waals surface area contributed by atoms with Crippen LogP contribution in [0.1, 0.15) is 18.1 Å². The third kappa shape index (κ3) is 3.26. The largest absolute Gasteiger partial charge is 0.332 e. The van der Waals surface area contributed by atoms with Gasteiger partial charge in [-0.25, -0.2) is 4.39 Å². The average Bonchev–Trinajstić information content (AvgIpc) is 3.28. The molecule has 4 aromatic rings. The topological polar surface area (TPSA) is 56.7 Å². The number of aryl methyl sites for hydroxylation is 3. The van der Waals surface area contributed by atoms with Crippen molar-refractivity contribution < 1.29 is 8.91 Å². The molecule has 5 nitrogen and oxygen atoms in total. The minimum Gasteiger partial charge on any atom is -0.332 e. The summed E-state index contributed by atoms with van der Waals surface area (Å²) < 4.78 is 21.4. The molecule has 0 aliphatic heterocycles. The summed E-state index contributed by atoms with van der Waals surface area (Å²) in [6, 6.07) is 14.5. The summed E-state index contributed by atoms with van der Waals surface area (Å²) >= 11 is 0. The molecule has 4 rings (SSSR count). The van der Waals surface area contributed by atoms with E-state index in [0.29, 0.717) is 35.2 Å². The number of rotatable bonds is 4. The van der Waals surface area contributed by atoms with Crippen LogP contribution < -0.4 is 0 Å². The average molecular weight is 362 g/mol. The second kappa shape index (κ2) is 6.79. The molecule has 0 aliphatic carbocycles. The highest BCUT2D eigenvalue weighted by molar-refractivity contribution is 5.67. The molecule has 0 bridgehead atoms. The summed E-state index contributed by atoms with van der Waals surface area (Å²) in [6.45, 7) is 6.61. The Morgan fingerprint density at radius 2 is 1.78 bits per heavy atom. The second-order valence-electron chi connectivity index (χ2n) is 6.51. The maximum atomic E-state index is 14.2. The van der Waals surface area contributed by atoms with E-state index in [-0.39, 0.29) is 5.82 Å². The van der Waals surface area contributed by atoms with Crippen molar-refractivity contribution in [2.24, 2.45) is 0 Å². The fourth-order valence-corrected chi connectivity index (χ4v) is 3.20. The van der Waals surface area contributed by atoms with Crippen LogP contribution in [-0.4, -0.2) is 19.9 Å². The van der Waals surface area contributed by atoms with E-state index in [4.69, 9.17) is 4.52 Å². The fourth-order valence-electron chi connectivity index (χ4n) is 3.20. The predicted octanol–water partition coefficient (Wildman–Crippen LogP) is 5.04. The van der Waals surface area contributed by atoms with E-state index in [2.05, 4.69) is 21.3 Å². The summed E-state index contributed by atoms with van der Waals surface area (Å²) in [6.07, 6.45) is 0. The van der Waals surface area contributed by atoms with E-state index >= 15 is 0 Å². The highest BCUT2D eigenvalue weighted by Gasteiger charge is 2.18. The first-order valence-electron chi connectivity index (χ1n) is 8.80. The second-order valence-corrected chi connectivity index (χ2v) is 6.51. The standard InChI is InChI=1S/C21H19FN4O/c1-4-26-19(16-7-5-6-8-17(16)22)12-18(24-26)21-23-20(25-27-21)15-10-13(2)9-14(3)11-15/h5-12H,4H2,1-3H3. The van der Waals surface area contributed by atoms with Crippen LogP contribution in [0.5, 0.6) is 0 Å². The third-order valence-electron chi connectivity index (χ3n) is 4.35. The molecular weight excluding hydrogens is 343 g/mol. The molecule has 2 aromatic carbocycles. The van der Waals surface area contributed by atoms with Crippen LogP contribution in [0, 0.1) is 19.7 Å². The van der Waals surface area contributed by atoms with Gasteiger partial charge in [-0.2, -0.15) is 10.1 Å². The van der Waals surface area contributed by atoms with Crippen molar-refractivity contribution in [2.45, 2.75) is 27.3 Å².